The minimum atomic E-state index is -0.0811. The molecule has 0 aromatic carbocycles. The molecular formula is C14H15NO2. The fraction of sp³-hybridized carbons (Fsp3) is 0.357. The average molecular weight is 229 g/mol. The Bertz CT molecular complexity index is 478. The summed E-state index contributed by atoms with van der Waals surface area (Å²) >= 11 is 0. The molecule has 3 rings (SSSR count). The van der Waals surface area contributed by atoms with Crippen LogP contribution in [0, 0.1) is 5.92 Å². The standard InChI is InChI=1S/C14H15NO2/c16-8-13(10-4-5-10)15-14(17)12-7-6-9-2-1-3-11(9)12/h1-3,6-7,10,13,16H,4-5,8H2,(H,15,17)/t13-/m1/s1. The largest absolute Gasteiger partial charge is 0.394 e. The van der Waals surface area contributed by atoms with Gasteiger partial charge >= 0.3 is 0 Å². The number of aliphatic hydroxyl groups excluding tert-OH is 1. The molecule has 0 bridgehead atoms. The average Bonchev–Trinajstić information content (AvgIpc) is 2.91. The van der Waals surface area contributed by atoms with Crippen molar-refractivity contribution in [3.63, 3.8) is 0 Å². The number of amides is 1. The van der Waals surface area contributed by atoms with Crippen LogP contribution in [0.15, 0.2) is 47.1 Å². The molecule has 3 heteroatoms. The van der Waals surface area contributed by atoms with Crippen LogP contribution in [0.2, 0.25) is 0 Å². The second-order valence-corrected chi connectivity index (χ2v) is 4.74. The lowest BCUT2D eigenvalue weighted by Gasteiger charge is -2.15. The van der Waals surface area contributed by atoms with Crippen molar-refractivity contribution in [3.8, 4) is 0 Å². The molecule has 17 heavy (non-hydrogen) atoms. The Hall–Kier alpha value is -1.61. The van der Waals surface area contributed by atoms with Gasteiger partial charge in [-0.3, -0.25) is 4.79 Å². The predicted molar refractivity (Wildman–Crippen MR) is 65.1 cm³/mol. The topological polar surface area (TPSA) is 49.3 Å². The van der Waals surface area contributed by atoms with Crippen molar-refractivity contribution in [2.75, 3.05) is 6.61 Å². The van der Waals surface area contributed by atoms with E-state index in [4.69, 9.17) is 0 Å². The molecule has 0 unspecified atom stereocenters. The zero-order valence-corrected chi connectivity index (χ0v) is 9.52. The van der Waals surface area contributed by atoms with Crippen LogP contribution in [0.4, 0.5) is 0 Å². The highest BCUT2D eigenvalue weighted by molar-refractivity contribution is 6.00. The van der Waals surface area contributed by atoms with Crippen molar-refractivity contribution in [1.82, 2.24) is 5.32 Å². The van der Waals surface area contributed by atoms with Crippen molar-refractivity contribution in [2.24, 2.45) is 5.92 Å². The van der Waals surface area contributed by atoms with Crippen molar-refractivity contribution in [1.29, 1.82) is 0 Å². The minimum absolute atomic E-state index is 0.0290. The number of nitrogens with one attached hydrogen (secondary N) is 1. The maximum absolute atomic E-state index is 12.1. The zero-order chi connectivity index (χ0) is 11.8. The Morgan fingerprint density at radius 2 is 2.24 bits per heavy atom. The molecule has 0 aromatic heterocycles. The van der Waals surface area contributed by atoms with Gasteiger partial charge in [-0.1, -0.05) is 24.3 Å². The minimum Gasteiger partial charge on any atom is -0.394 e. The van der Waals surface area contributed by atoms with Crippen molar-refractivity contribution in [2.45, 2.75) is 18.9 Å². The van der Waals surface area contributed by atoms with Crippen LogP contribution >= 0.6 is 0 Å². The van der Waals surface area contributed by atoms with Gasteiger partial charge in [0, 0.05) is 5.57 Å². The van der Waals surface area contributed by atoms with E-state index in [1.165, 1.54) is 0 Å². The number of allylic oxidation sites excluding steroid dienone is 6. The summed E-state index contributed by atoms with van der Waals surface area (Å²) in [7, 11) is 0. The molecule has 0 saturated heterocycles. The van der Waals surface area contributed by atoms with Gasteiger partial charge in [0.05, 0.1) is 12.6 Å². The van der Waals surface area contributed by atoms with Crippen LogP contribution in [0.1, 0.15) is 12.8 Å². The normalized spacial score (nSPS) is 22.8. The van der Waals surface area contributed by atoms with Gasteiger partial charge in [0.2, 0.25) is 0 Å². The van der Waals surface area contributed by atoms with Crippen LogP contribution in [0.5, 0.6) is 0 Å². The van der Waals surface area contributed by atoms with Crippen molar-refractivity contribution >= 4 is 5.91 Å². The molecule has 1 saturated carbocycles. The highest BCUT2D eigenvalue weighted by Crippen LogP contribution is 2.33. The fourth-order valence-corrected chi connectivity index (χ4v) is 2.34. The zero-order valence-electron chi connectivity index (χ0n) is 9.52. The van der Waals surface area contributed by atoms with Crippen LogP contribution in [0.25, 0.3) is 0 Å². The molecular weight excluding hydrogens is 214 g/mol. The van der Waals surface area contributed by atoms with Gasteiger partial charge < -0.3 is 10.4 Å². The molecule has 3 nitrogen and oxygen atoms in total. The molecule has 1 atom stereocenters. The summed E-state index contributed by atoms with van der Waals surface area (Å²) in [6.07, 6.45) is 11.9. The van der Waals surface area contributed by atoms with Gasteiger partial charge in [-0.05, 0) is 36.0 Å². The smallest absolute Gasteiger partial charge is 0.252 e. The molecule has 0 aliphatic heterocycles. The van der Waals surface area contributed by atoms with E-state index in [0.29, 0.717) is 11.5 Å². The van der Waals surface area contributed by atoms with E-state index in [2.05, 4.69) is 5.32 Å². The number of carbonyl (C=O) groups excluding carboxylic acids is 1. The number of hydrogen-bond acceptors (Lipinski definition) is 2. The Morgan fingerprint density at radius 1 is 1.41 bits per heavy atom. The Morgan fingerprint density at radius 3 is 2.94 bits per heavy atom. The quantitative estimate of drug-likeness (QED) is 0.762. The van der Waals surface area contributed by atoms with Gasteiger partial charge in [-0.25, -0.2) is 0 Å². The maximum Gasteiger partial charge on any atom is 0.252 e. The third-order valence-corrected chi connectivity index (χ3v) is 3.52. The third kappa shape index (κ3) is 1.87. The van der Waals surface area contributed by atoms with E-state index in [1.54, 1.807) is 0 Å². The monoisotopic (exact) mass is 229 g/mol. The van der Waals surface area contributed by atoms with Gasteiger partial charge in [0.25, 0.3) is 5.91 Å². The number of carbonyl (C=O) groups is 1. The Labute approximate surface area is 100 Å². The summed E-state index contributed by atoms with van der Waals surface area (Å²) < 4.78 is 0. The fourth-order valence-electron chi connectivity index (χ4n) is 2.34. The first-order chi connectivity index (χ1) is 8.29. The first kappa shape index (κ1) is 10.5. The summed E-state index contributed by atoms with van der Waals surface area (Å²) in [4.78, 5) is 12.1. The molecule has 0 radical (unpaired) electrons. The van der Waals surface area contributed by atoms with E-state index < -0.39 is 0 Å². The van der Waals surface area contributed by atoms with Crippen LogP contribution in [-0.4, -0.2) is 23.7 Å². The summed E-state index contributed by atoms with van der Waals surface area (Å²) in [5.74, 6) is 0.395. The summed E-state index contributed by atoms with van der Waals surface area (Å²) in [6, 6.07) is -0.0811. The molecule has 2 N–H and O–H groups in total. The number of rotatable bonds is 4. The van der Waals surface area contributed by atoms with Crippen LogP contribution in [0.3, 0.4) is 0 Å². The predicted octanol–water partition coefficient (Wildman–Crippen LogP) is 1.24. The number of hydrogen-bond donors (Lipinski definition) is 2. The number of fused-ring (bicyclic) bond motifs is 1. The van der Waals surface area contributed by atoms with E-state index in [1.807, 2.05) is 30.4 Å². The lowest BCUT2D eigenvalue weighted by Crippen LogP contribution is -2.39. The second-order valence-electron chi connectivity index (χ2n) is 4.74. The molecule has 3 aliphatic rings. The molecule has 3 aliphatic carbocycles. The lowest BCUT2D eigenvalue weighted by atomic mass is 10.1. The molecule has 0 aromatic rings. The van der Waals surface area contributed by atoms with Gasteiger partial charge in [0.15, 0.2) is 0 Å². The molecule has 0 spiro atoms. The Balaban J connectivity index is 1.74. The first-order valence-electron chi connectivity index (χ1n) is 6.02. The van der Waals surface area contributed by atoms with Gasteiger partial charge in [-0.2, -0.15) is 0 Å². The maximum atomic E-state index is 12.1. The molecule has 0 heterocycles. The molecule has 88 valence electrons. The second kappa shape index (κ2) is 4.00. The number of aliphatic hydroxyl groups is 1. The Kier molecular flexibility index (Phi) is 2.48. The summed E-state index contributed by atoms with van der Waals surface area (Å²) in [6.45, 7) is 0.0290. The summed E-state index contributed by atoms with van der Waals surface area (Å²) in [5.41, 5.74) is 2.81. The highest BCUT2D eigenvalue weighted by atomic mass is 16.3. The highest BCUT2D eigenvalue weighted by Gasteiger charge is 2.32. The van der Waals surface area contributed by atoms with E-state index in [-0.39, 0.29) is 18.6 Å². The SMILES string of the molecule is O=C(N[C@H](CO)C1CC1)C1=C2C=CC=C2C=C1. The molecule has 1 fully saturated rings. The van der Waals surface area contributed by atoms with Crippen LogP contribution in [-0.2, 0) is 4.79 Å². The van der Waals surface area contributed by atoms with Crippen molar-refractivity contribution < 1.29 is 9.90 Å². The van der Waals surface area contributed by atoms with Gasteiger partial charge in [0.1, 0.15) is 0 Å². The lowest BCUT2D eigenvalue weighted by molar-refractivity contribution is -0.118. The van der Waals surface area contributed by atoms with E-state index >= 15 is 0 Å². The molecule has 1 amide bonds. The van der Waals surface area contributed by atoms with Crippen LogP contribution < -0.4 is 5.32 Å². The first-order valence-corrected chi connectivity index (χ1v) is 6.02. The third-order valence-electron chi connectivity index (χ3n) is 3.52. The van der Waals surface area contributed by atoms with Crippen molar-refractivity contribution in [3.05, 3.63) is 47.1 Å². The summed E-state index contributed by atoms with van der Waals surface area (Å²) in [5, 5.41) is 12.2. The van der Waals surface area contributed by atoms with Gasteiger partial charge in [-0.15, -0.1) is 0 Å². The van der Waals surface area contributed by atoms with E-state index in [0.717, 1.165) is 24.0 Å². The van der Waals surface area contributed by atoms with E-state index in [9.17, 15) is 9.90 Å².